The van der Waals surface area contributed by atoms with Crippen LogP contribution >= 0.6 is 23.2 Å². The summed E-state index contributed by atoms with van der Waals surface area (Å²) in [5, 5.41) is 8.23. The van der Waals surface area contributed by atoms with E-state index in [1.54, 1.807) is 35.0 Å². The number of anilines is 1. The zero-order valence-corrected chi connectivity index (χ0v) is 20.0. The summed E-state index contributed by atoms with van der Waals surface area (Å²) in [6.45, 7) is 8.34. The summed E-state index contributed by atoms with van der Waals surface area (Å²) in [7, 11) is 0. The smallest absolute Gasteiger partial charge is 0.226 e. The van der Waals surface area contributed by atoms with Gasteiger partial charge < -0.3 is 10.1 Å². The van der Waals surface area contributed by atoms with Crippen LogP contribution in [0.4, 0.5) is 10.2 Å². The summed E-state index contributed by atoms with van der Waals surface area (Å²) in [5.41, 5.74) is 1.93. The van der Waals surface area contributed by atoms with Crippen molar-refractivity contribution in [3.05, 3.63) is 75.1 Å². The molecular formula is C24H26Cl2FN3O2. The minimum absolute atomic E-state index is 0.0455. The van der Waals surface area contributed by atoms with Crippen molar-refractivity contribution in [2.45, 2.75) is 47.3 Å². The molecule has 0 saturated carbocycles. The predicted molar refractivity (Wildman–Crippen MR) is 126 cm³/mol. The molecule has 0 unspecified atom stereocenters. The van der Waals surface area contributed by atoms with Gasteiger partial charge in [0.1, 0.15) is 18.2 Å². The highest BCUT2D eigenvalue weighted by Gasteiger charge is 2.17. The Morgan fingerprint density at radius 2 is 1.78 bits per heavy atom. The molecule has 1 heterocycles. The van der Waals surface area contributed by atoms with Crippen molar-refractivity contribution in [2.24, 2.45) is 5.41 Å². The van der Waals surface area contributed by atoms with E-state index in [1.807, 2.05) is 33.8 Å². The number of hydrogen-bond acceptors (Lipinski definition) is 3. The van der Waals surface area contributed by atoms with Crippen LogP contribution in [-0.4, -0.2) is 15.7 Å². The van der Waals surface area contributed by atoms with Crippen molar-refractivity contribution >= 4 is 34.9 Å². The number of hydrogen-bond donors (Lipinski definition) is 1. The molecule has 2 aromatic carbocycles. The second kappa shape index (κ2) is 9.92. The molecule has 0 bridgehead atoms. The van der Waals surface area contributed by atoms with Crippen LogP contribution in [-0.2, 0) is 17.9 Å². The van der Waals surface area contributed by atoms with Crippen molar-refractivity contribution in [3.63, 3.8) is 0 Å². The largest absolute Gasteiger partial charge is 0.488 e. The summed E-state index contributed by atoms with van der Waals surface area (Å²) in [6.07, 6.45) is 0.395. The van der Waals surface area contributed by atoms with Gasteiger partial charge in [-0.3, -0.25) is 9.48 Å². The monoisotopic (exact) mass is 477 g/mol. The van der Waals surface area contributed by atoms with E-state index in [0.29, 0.717) is 40.1 Å². The molecule has 3 rings (SSSR count). The van der Waals surface area contributed by atoms with Gasteiger partial charge in [0.05, 0.1) is 6.54 Å². The first-order chi connectivity index (χ1) is 15.0. The third-order valence-electron chi connectivity index (χ3n) is 4.68. The SMILES string of the molecule is Cc1cc(NC(=O)CC(C)(C)C)nn1Cc1cc(Cl)ccc1OCc1ccc(Cl)cc1F. The molecule has 5 nitrogen and oxygen atoms in total. The molecule has 32 heavy (non-hydrogen) atoms. The molecule has 0 spiro atoms. The normalized spacial score (nSPS) is 11.5. The molecule has 1 N–H and O–H groups in total. The molecule has 0 aliphatic heterocycles. The van der Waals surface area contributed by atoms with Crippen molar-refractivity contribution in [1.82, 2.24) is 9.78 Å². The number of carbonyl (C=O) groups excluding carboxylic acids is 1. The summed E-state index contributed by atoms with van der Waals surface area (Å²) in [6, 6.07) is 11.5. The Morgan fingerprint density at radius 1 is 1.09 bits per heavy atom. The van der Waals surface area contributed by atoms with E-state index in [1.165, 1.54) is 6.07 Å². The third kappa shape index (κ3) is 6.71. The standard InChI is InChI=1S/C24H26Cl2FN3O2/c1-15-9-22(28-23(31)12-24(2,3)4)29-30(15)13-17-10-18(25)7-8-21(17)32-14-16-5-6-19(26)11-20(16)27/h5-11H,12-14H2,1-4H3,(H,28,29,31). The molecule has 0 fully saturated rings. The lowest BCUT2D eigenvalue weighted by Gasteiger charge is -2.16. The van der Waals surface area contributed by atoms with Gasteiger partial charge >= 0.3 is 0 Å². The van der Waals surface area contributed by atoms with E-state index in [4.69, 9.17) is 27.9 Å². The average Bonchev–Trinajstić information content (AvgIpc) is 2.99. The average molecular weight is 478 g/mol. The molecule has 0 atom stereocenters. The van der Waals surface area contributed by atoms with Crippen molar-refractivity contribution in [1.29, 1.82) is 0 Å². The Bertz CT molecular complexity index is 1120. The van der Waals surface area contributed by atoms with E-state index >= 15 is 0 Å². The highest BCUT2D eigenvalue weighted by Crippen LogP contribution is 2.27. The van der Waals surface area contributed by atoms with Crippen LogP contribution in [0, 0.1) is 18.2 Å². The number of halogens is 3. The summed E-state index contributed by atoms with van der Waals surface area (Å²) in [4.78, 5) is 12.2. The highest BCUT2D eigenvalue weighted by molar-refractivity contribution is 6.30. The van der Waals surface area contributed by atoms with Crippen LogP contribution in [0.2, 0.25) is 10.0 Å². The minimum Gasteiger partial charge on any atom is -0.488 e. The summed E-state index contributed by atoms with van der Waals surface area (Å²) >= 11 is 12.0. The van der Waals surface area contributed by atoms with Gasteiger partial charge in [-0.05, 0) is 42.7 Å². The Morgan fingerprint density at radius 3 is 2.47 bits per heavy atom. The minimum atomic E-state index is -0.424. The van der Waals surface area contributed by atoms with Crippen LogP contribution < -0.4 is 10.1 Å². The Hall–Kier alpha value is -2.57. The van der Waals surface area contributed by atoms with Gasteiger partial charge in [0.2, 0.25) is 5.91 Å². The number of benzene rings is 2. The molecule has 0 radical (unpaired) electrons. The number of ether oxygens (including phenoxy) is 1. The maximum Gasteiger partial charge on any atom is 0.226 e. The highest BCUT2D eigenvalue weighted by atomic mass is 35.5. The molecule has 170 valence electrons. The lowest BCUT2D eigenvalue weighted by molar-refractivity contribution is -0.117. The van der Waals surface area contributed by atoms with Gasteiger partial charge in [0.15, 0.2) is 5.82 Å². The van der Waals surface area contributed by atoms with Gasteiger partial charge in [-0.25, -0.2) is 4.39 Å². The zero-order valence-electron chi connectivity index (χ0n) is 18.5. The van der Waals surface area contributed by atoms with Crippen LogP contribution in [0.5, 0.6) is 5.75 Å². The number of aromatic nitrogens is 2. The molecule has 1 aromatic heterocycles. The van der Waals surface area contributed by atoms with E-state index in [2.05, 4.69) is 10.4 Å². The van der Waals surface area contributed by atoms with E-state index in [9.17, 15) is 9.18 Å². The summed E-state index contributed by atoms with van der Waals surface area (Å²) < 4.78 is 21.7. The van der Waals surface area contributed by atoms with Crippen LogP contribution in [0.3, 0.4) is 0 Å². The lowest BCUT2D eigenvalue weighted by atomic mass is 9.92. The fraction of sp³-hybridized carbons (Fsp3) is 0.333. The van der Waals surface area contributed by atoms with E-state index in [0.717, 1.165) is 11.3 Å². The van der Waals surface area contributed by atoms with Gasteiger partial charge in [0.25, 0.3) is 0 Å². The number of carbonyl (C=O) groups is 1. The number of nitrogens with one attached hydrogen (secondary N) is 1. The number of nitrogens with zero attached hydrogens (tertiary/aromatic N) is 2. The topological polar surface area (TPSA) is 56.2 Å². The van der Waals surface area contributed by atoms with Gasteiger partial charge in [-0.15, -0.1) is 0 Å². The van der Waals surface area contributed by atoms with Crippen molar-refractivity contribution in [2.75, 3.05) is 5.32 Å². The third-order valence-corrected chi connectivity index (χ3v) is 5.15. The van der Waals surface area contributed by atoms with Gasteiger partial charge in [-0.1, -0.05) is 50.0 Å². The molecule has 1 amide bonds. The van der Waals surface area contributed by atoms with E-state index in [-0.39, 0.29) is 17.9 Å². The molecule has 8 heteroatoms. The van der Waals surface area contributed by atoms with Crippen LogP contribution in [0.25, 0.3) is 0 Å². The first-order valence-electron chi connectivity index (χ1n) is 10.2. The second-order valence-electron chi connectivity index (χ2n) is 8.89. The molecular weight excluding hydrogens is 452 g/mol. The number of aryl methyl sites for hydroxylation is 1. The molecule has 3 aromatic rings. The number of amides is 1. The van der Waals surface area contributed by atoms with Crippen LogP contribution in [0.1, 0.15) is 44.0 Å². The summed E-state index contributed by atoms with van der Waals surface area (Å²) in [5.74, 6) is 0.548. The Kier molecular flexibility index (Phi) is 7.47. The maximum atomic E-state index is 14.1. The molecule has 0 aliphatic rings. The molecule has 0 saturated heterocycles. The predicted octanol–water partition coefficient (Wildman–Crippen LogP) is 6.64. The van der Waals surface area contributed by atoms with Crippen molar-refractivity contribution in [3.8, 4) is 5.75 Å². The number of rotatable bonds is 7. The zero-order chi connectivity index (χ0) is 23.5. The van der Waals surface area contributed by atoms with E-state index < -0.39 is 5.82 Å². The van der Waals surface area contributed by atoms with Crippen molar-refractivity contribution < 1.29 is 13.9 Å². The Balaban J connectivity index is 1.75. The fourth-order valence-corrected chi connectivity index (χ4v) is 3.52. The maximum absolute atomic E-state index is 14.1. The second-order valence-corrected chi connectivity index (χ2v) is 9.76. The fourth-order valence-electron chi connectivity index (χ4n) is 3.17. The lowest BCUT2D eigenvalue weighted by Crippen LogP contribution is -2.20. The first-order valence-corrected chi connectivity index (χ1v) is 11.0. The van der Waals surface area contributed by atoms with Crippen LogP contribution in [0.15, 0.2) is 42.5 Å². The Labute approximate surface area is 197 Å². The quantitative estimate of drug-likeness (QED) is 0.414. The first kappa shape index (κ1) is 24.1. The van der Waals surface area contributed by atoms with Gasteiger partial charge in [0, 0.05) is 39.4 Å². The van der Waals surface area contributed by atoms with Gasteiger partial charge in [-0.2, -0.15) is 5.10 Å². The molecule has 0 aliphatic carbocycles.